The molecule has 114 valence electrons. The summed E-state index contributed by atoms with van der Waals surface area (Å²) in [5.41, 5.74) is 7.69. The number of hydrogen-bond acceptors (Lipinski definition) is 4. The molecule has 1 saturated heterocycles. The maximum atomic E-state index is 5.68. The fourth-order valence-corrected chi connectivity index (χ4v) is 3.17. The van der Waals surface area contributed by atoms with Crippen LogP contribution in [0.2, 0.25) is 0 Å². The molecule has 0 radical (unpaired) electrons. The molecule has 5 nitrogen and oxygen atoms in total. The van der Waals surface area contributed by atoms with Gasteiger partial charge in [-0.2, -0.15) is 5.10 Å². The molecule has 0 aromatic carbocycles. The molecule has 1 atom stereocenters. The Bertz CT molecular complexity index is 604. The Kier molecular flexibility index (Phi) is 4.22. The van der Waals surface area contributed by atoms with Gasteiger partial charge in [0.25, 0.3) is 0 Å². The van der Waals surface area contributed by atoms with Crippen molar-refractivity contribution in [1.29, 1.82) is 0 Å². The molecule has 21 heavy (non-hydrogen) atoms. The van der Waals surface area contributed by atoms with Crippen LogP contribution in [0, 0.1) is 5.92 Å². The monoisotopic (exact) mass is 287 g/mol. The number of aromatic nitrogens is 3. The zero-order valence-electron chi connectivity index (χ0n) is 13.0. The number of piperidine rings is 1. The van der Waals surface area contributed by atoms with Crippen LogP contribution in [-0.4, -0.2) is 38.6 Å². The summed E-state index contributed by atoms with van der Waals surface area (Å²) >= 11 is 0. The van der Waals surface area contributed by atoms with Gasteiger partial charge in [-0.25, -0.2) is 9.50 Å². The normalized spacial score (nSPS) is 20.5. The molecule has 5 heteroatoms. The Labute approximate surface area is 126 Å². The van der Waals surface area contributed by atoms with Gasteiger partial charge in [0.15, 0.2) is 11.5 Å². The van der Waals surface area contributed by atoms with E-state index in [-0.39, 0.29) is 0 Å². The van der Waals surface area contributed by atoms with Gasteiger partial charge in [0.2, 0.25) is 0 Å². The number of likely N-dealkylation sites (tertiary alicyclic amines) is 1. The van der Waals surface area contributed by atoms with E-state index in [2.05, 4.69) is 28.8 Å². The van der Waals surface area contributed by atoms with Crippen molar-refractivity contribution in [3.63, 3.8) is 0 Å². The van der Waals surface area contributed by atoms with Crippen LogP contribution < -0.4 is 5.73 Å². The zero-order valence-corrected chi connectivity index (χ0v) is 13.0. The topological polar surface area (TPSA) is 59.5 Å². The van der Waals surface area contributed by atoms with Crippen molar-refractivity contribution < 1.29 is 0 Å². The molecular formula is C16H25N5. The highest BCUT2D eigenvalue weighted by Gasteiger charge is 2.23. The van der Waals surface area contributed by atoms with Crippen molar-refractivity contribution in [2.45, 2.75) is 45.7 Å². The fourth-order valence-electron chi connectivity index (χ4n) is 3.17. The van der Waals surface area contributed by atoms with E-state index in [0.29, 0.717) is 18.5 Å². The number of hydrogen-bond donors (Lipinski definition) is 1. The van der Waals surface area contributed by atoms with E-state index in [0.717, 1.165) is 23.5 Å². The Hall–Kier alpha value is -1.46. The lowest BCUT2D eigenvalue weighted by Crippen LogP contribution is -2.40. The van der Waals surface area contributed by atoms with E-state index in [9.17, 15) is 0 Å². The first-order valence-electron chi connectivity index (χ1n) is 7.94. The van der Waals surface area contributed by atoms with Gasteiger partial charge in [0, 0.05) is 31.7 Å². The lowest BCUT2D eigenvalue weighted by atomic mass is 9.94. The highest BCUT2D eigenvalue weighted by Crippen LogP contribution is 2.21. The van der Waals surface area contributed by atoms with Crippen molar-refractivity contribution in [1.82, 2.24) is 19.5 Å². The SMILES string of the molecule is CC(C)N1CCCC(Cc2nc3cc(CN)ccn3n2)C1. The van der Waals surface area contributed by atoms with E-state index in [4.69, 9.17) is 5.73 Å². The first-order valence-corrected chi connectivity index (χ1v) is 7.94. The molecule has 1 aliphatic rings. The summed E-state index contributed by atoms with van der Waals surface area (Å²) in [5, 5.41) is 4.60. The van der Waals surface area contributed by atoms with E-state index < -0.39 is 0 Å². The zero-order chi connectivity index (χ0) is 14.8. The molecule has 0 saturated carbocycles. The van der Waals surface area contributed by atoms with Gasteiger partial charge in [0.05, 0.1) is 0 Å². The van der Waals surface area contributed by atoms with Crippen LogP contribution in [0.1, 0.15) is 38.1 Å². The second-order valence-corrected chi connectivity index (χ2v) is 6.37. The summed E-state index contributed by atoms with van der Waals surface area (Å²) < 4.78 is 1.86. The molecule has 2 aromatic rings. The Morgan fingerprint density at radius 2 is 2.29 bits per heavy atom. The molecule has 0 amide bonds. The molecule has 1 unspecified atom stereocenters. The summed E-state index contributed by atoms with van der Waals surface area (Å²) in [4.78, 5) is 7.23. The van der Waals surface area contributed by atoms with Crippen LogP contribution >= 0.6 is 0 Å². The van der Waals surface area contributed by atoms with E-state index in [1.807, 2.05) is 22.8 Å². The number of fused-ring (bicyclic) bond motifs is 1. The van der Waals surface area contributed by atoms with Crippen LogP contribution in [0.3, 0.4) is 0 Å². The highest BCUT2D eigenvalue weighted by molar-refractivity contribution is 5.40. The van der Waals surface area contributed by atoms with Gasteiger partial charge in [0.1, 0.15) is 0 Å². The minimum Gasteiger partial charge on any atom is -0.326 e. The third-order valence-electron chi connectivity index (χ3n) is 4.43. The summed E-state index contributed by atoms with van der Waals surface area (Å²) in [7, 11) is 0. The molecule has 2 aromatic heterocycles. The number of pyridine rings is 1. The number of nitrogens with two attached hydrogens (primary N) is 1. The second-order valence-electron chi connectivity index (χ2n) is 6.37. The fraction of sp³-hybridized carbons (Fsp3) is 0.625. The predicted octanol–water partition coefficient (Wildman–Crippen LogP) is 1.85. The van der Waals surface area contributed by atoms with Crippen molar-refractivity contribution in [3.8, 4) is 0 Å². The minimum absolute atomic E-state index is 0.546. The van der Waals surface area contributed by atoms with E-state index in [1.54, 1.807) is 0 Å². The highest BCUT2D eigenvalue weighted by atomic mass is 15.3. The Morgan fingerprint density at radius 1 is 1.43 bits per heavy atom. The quantitative estimate of drug-likeness (QED) is 0.932. The molecule has 2 N–H and O–H groups in total. The minimum atomic E-state index is 0.546. The second kappa shape index (κ2) is 6.12. The maximum absolute atomic E-state index is 5.68. The van der Waals surface area contributed by atoms with Crippen molar-refractivity contribution in [2.24, 2.45) is 11.7 Å². The molecule has 0 spiro atoms. The largest absolute Gasteiger partial charge is 0.326 e. The molecular weight excluding hydrogens is 262 g/mol. The average Bonchev–Trinajstić information content (AvgIpc) is 2.88. The molecule has 3 heterocycles. The molecule has 1 aliphatic heterocycles. The number of rotatable bonds is 4. The van der Waals surface area contributed by atoms with E-state index in [1.165, 1.54) is 25.9 Å². The molecule has 0 aliphatic carbocycles. The summed E-state index contributed by atoms with van der Waals surface area (Å²) in [6.07, 6.45) is 5.50. The standard InChI is InChI=1S/C16H25N5/c1-12(2)20-6-3-4-14(11-20)8-15-18-16-9-13(10-17)5-7-21(16)19-15/h5,7,9,12,14H,3-4,6,8,10-11,17H2,1-2H3. The first kappa shape index (κ1) is 14.5. The van der Waals surface area contributed by atoms with Gasteiger partial charge in [-0.15, -0.1) is 0 Å². The van der Waals surface area contributed by atoms with Crippen LogP contribution in [0.4, 0.5) is 0 Å². The van der Waals surface area contributed by atoms with Gasteiger partial charge in [-0.3, -0.25) is 0 Å². The molecule has 3 rings (SSSR count). The number of nitrogens with zero attached hydrogens (tertiary/aromatic N) is 4. The summed E-state index contributed by atoms with van der Waals surface area (Å²) in [6, 6.07) is 4.67. The average molecular weight is 287 g/mol. The lowest BCUT2D eigenvalue weighted by molar-refractivity contribution is 0.138. The Balaban J connectivity index is 1.72. The molecule has 1 fully saturated rings. The lowest BCUT2D eigenvalue weighted by Gasteiger charge is -2.35. The maximum Gasteiger partial charge on any atom is 0.155 e. The van der Waals surface area contributed by atoms with Gasteiger partial charge in [-0.1, -0.05) is 0 Å². The van der Waals surface area contributed by atoms with Crippen LogP contribution in [-0.2, 0) is 13.0 Å². The predicted molar refractivity (Wildman–Crippen MR) is 84.0 cm³/mol. The van der Waals surface area contributed by atoms with E-state index >= 15 is 0 Å². The van der Waals surface area contributed by atoms with Crippen LogP contribution in [0.25, 0.3) is 5.65 Å². The van der Waals surface area contributed by atoms with Crippen molar-refractivity contribution in [2.75, 3.05) is 13.1 Å². The van der Waals surface area contributed by atoms with Crippen molar-refractivity contribution >= 4 is 5.65 Å². The third-order valence-corrected chi connectivity index (χ3v) is 4.43. The van der Waals surface area contributed by atoms with Crippen LogP contribution in [0.5, 0.6) is 0 Å². The summed E-state index contributed by atoms with van der Waals surface area (Å²) in [5.74, 6) is 1.63. The van der Waals surface area contributed by atoms with Gasteiger partial charge >= 0.3 is 0 Å². The molecule has 0 bridgehead atoms. The smallest absolute Gasteiger partial charge is 0.155 e. The van der Waals surface area contributed by atoms with Gasteiger partial charge in [-0.05, 0) is 56.8 Å². The third kappa shape index (κ3) is 3.24. The summed E-state index contributed by atoms with van der Waals surface area (Å²) in [6.45, 7) is 7.50. The first-order chi connectivity index (χ1) is 10.2. The van der Waals surface area contributed by atoms with Crippen LogP contribution in [0.15, 0.2) is 18.3 Å². The van der Waals surface area contributed by atoms with Gasteiger partial charge < -0.3 is 10.6 Å². The van der Waals surface area contributed by atoms with Crippen molar-refractivity contribution in [3.05, 3.63) is 29.7 Å². The Morgan fingerprint density at radius 3 is 3.05 bits per heavy atom.